The van der Waals surface area contributed by atoms with Crippen molar-refractivity contribution in [2.24, 2.45) is 12.8 Å². The molecule has 1 aromatic heterocycles. The molecule has 1 amide bonds. The van der Waals surface area contributed by atoms with Crippen molar-refractivity contribution in [3.63, 3.8) is 0 Å². The van der Waals surface area contributed by atoms with Gasteiger partial charge in [-0.25, -0.2) is 4.79 Å². The largest absolute Gasteiger partial charge is 0.383 e. The standard InChI is InChI=1S/C25H30N6O3/c1-29-21-12-19(24(32)28-9-11-34-2)13-22(30-10-5-8-20(27)16-30)23(21)31(25(29)33)15-18-7-4-3-6-17(18)14-26/h3-4,6-7,12-13,20H,5,8-11,15-16,27H2,1-2H3,(H,28,32)/t20-/m1/s1. The zero-order valence-electron chi connectivity index (χ0n) is 19.6. The highest BCUT2D eigenvalue weighted by molar-refractivity contribution is 6.02. The fourth-order valence-electron chi connectivity index (χ4n) is 4.57. The Morgan fingerprint density at radius 1 is 1.32 bits per heavy atom. The van der Waals surface area contributed by atoms with E-state index in [2.05, 4.69) is 16.3 Å². The number of piperidine rings is 1. The van der Waals surface area contributed by atoms with Crippen molar-refractivity contribution in [3.05, 3.63) is 63.6 Å². The fraction of sp³-hybridized carbons (Fsp3) is 0.400. The molecule has 3 N–H and O–H groups in total. The molecule has 0 radical (unpaired) electrons. The quantitative estimate of drug-likeness (QED) is 0.515. The van der Waals surface area contributed by atoms with Crippen LogP contribution in [0.5, 0.6) is 0 Å². The summed E-state index contributed by atoms with van der Waals surface area (Å²) in [5.74, 6) is -0.225. The molecule has 0 aliphatic carbocycles. The summed E-state index contributed by atoms with van der Waals surface area (Å²) >= 11 is 0. The summed E-state index contributed by atoms with van der Waals surface area (Å²) in [7, 11) is 3.29. The molecule has 3 aromatic rings. The number of nitriles is 1. The van der Waals surface area contributed by atoms with Crippen molar-refractivity contribution >= 4 is 22.6 Å². The first-order valence-corrected chi connectivity index (χ1v) is 11.4. The molecule has 1 fully saturated rings. The molecule has 9 nitrogen and oxygen atoms in total. The molecule has 2 heterocycles. The maximum absolute atomic E-state index is 13.4. The lowest BCUT2D eigenvalue weighted by molar-refractivity contribution is 0.0937. The Bertz CT molecular complexity index is 1300. The molecule has 1 aliphatic rings. The van der Waals surface area contributed by atoms with E-state index in [0.29, 0.717) is 36.3 Å². The number of hydrogen-bond donors (Lipinski definition) is 2. The Morgan fingerprint density at radius 2 is 2.12 bits per heavy atom. The highest BCUT2D eigenvalue weighted by Gasteiger charge is 2.25. The van der Waals surface area contributed by atoms with Crippen molar-refractivity contribution in [1.82, 2.24) is 14.5 Å². The van der Waals surface area contributed by atoms with Gasteiger partial charge in [0.1, 0.15) is 0 Å². The Morgan fingerprint density at radius 3 is 2.85 bits per heavy atom. The zero-order chi connectivity index (χ0) is 24.2. The van der Waals surface area contributed by atoms with Gasteiger partial charge in [-0.15, -0.1) is 0 Å². The summed E-state index contributed by atoms with van der Waals surface area (Å²) < 4.78 is 8.28. The first kappa shape index (κ1) is 23.5. The topological polar surface area (TPSA) is 118 Å². The number of aromatic nitrogens is 2. The second-order valence-electron chi connectivity index (χ2n) is 8.66. The predicted octanol–water partition coefficient (Wildman–Crippen LogP) is 1.56. The summed E-state index contributed by atoms with van der Waals surface area (Å²) in [5.41, 5.74) is 10.0. The first-order chi connectivity index (χ1) is 16.4. The summed E-state index contributed by atoms with van der Waals surface area (Å²) in [6, 6.07) is 13.1. The predicted molar refractivity (Wildman–Crippen MR) is 131 cm³/mol. The third-order valence-corrected chi connectivity index (χ3v) is 6.34. The van der Waals surface area contributed by atoms with Crippen LogP contribution in [0.15, 0.2) is 41.2 Å². The molecular weight excluding hydrogens is 432 g/mol. The molecule has 0 bridgehead atoms. The van der Waals surface area contributed by atoms with E-state index < -0.39 is 0 Å². The van der Waals surface area contributed by atoms with E-state index in [9.17, 15) is 14.9 Å². The Hall–Kier alpha value is -3.61. The zero-order valence-corrected chi connectivity index (χ0v) is 19.6. The van der Waals surface area contributed by atoms with Gasteiger partial charge in [0.25, 0.3) is 5.91 Å². The van der Waals surface area contributed by atoms with Crippen molar-refractivity contribution in [1.29, 1.82) is 5.26 Å². The number of aryl methyl sites for hydroxylation is 1. The van der Waals surface area contributed by atoms with E-state index in [1.165, 1.54) is 0 Å². The van der Waals surface area contributed by atoms with Gasteiger partial charge in [0, 0.05) is 45.4 Å². The number of fused-ring (bicyclic) bond motifs is 1. The minimum Gasteiger partial charge on any atom is -0.383 e. The second kappa shape index (κ2) is 10.1. The molecule has 1 aliphatic heterocycles. The Balaban J connectivity index is 1.88. The van der Waals surface area contributed by atoms with Crippen LogP contribution in [0, 0.1) is 11.3 Å². The van der Waals surface area contributed by atoms with Gasteiger partial charge in [-0.05, 0) is 36.6 Å². The minimum absolute atomic E-state index is 0.0196. The molecule has 1 saturated heterocycles. The number of rotatable bonds is 7. The molecule has 34 heavy (non-hydrogen) atoms. The highest BCUT2D eigenvalue weighted by Crippen LogP contribution is 2.31. The number of nitrogens with two attached hydrogens (primary N) is 1. The van der Waals surface area contributed by atoms with Crippen LogP contribution in [0.3, 0.4) is 0 Å². The number of carbonyl (C=O) groups excluding carboxylic acids is 1. The van der Waals surface area contributed by atoms with Gasteiger partial charge in [0.05, 0.1) is 41.5 Å². The molecule has 178 valence electrons. The number of hydrogen-bond acceptors (Lipinski definition) is 6. The average molecular weight is 463 g/mol. The van der Waals surface area contributed by atoms with Crippen LogP contribution in [0.25, 0.3) is 11.0 Å². The fourth-order valence-corrected chi connectivity index (χ4v) is 4.57. The number of carbonyl (C=O) groups is 1. The van der Waals surface area contributed by atoms with Crippen molar-refractivity contribution in [2.45, 2.75) is 25.4 Å². The SMILES string of the molecule is COCCNC(=O)c1cc(N2CCC[C@@H](N)C2)c2c(c1)n(C)c(=O)n2Cc1ccccc1C#N. The normalized spacial score (nSPS) is 15.9. The van der Waals surface area contributed by atoms with Gasteiger partial charge in [0.2, 0.25) is 0 Å². The molecular formula is C25H30N6O3. The third-order valence-electron chi connectivity index (χ3n) is 6.34. The number of ether oxygens (including phenoxy) is 1. The number of anilines is 1. The average Bonchev–Trinajstić information content (AvgIpc) is 3.08. The lowest BCUT2D eigenvalue weighted by atomic mass is 10.0. The Labute approximate surface area is 198 Å². The van der Waals surface area contributed by atoms with E-state index in [-0.39, 0.29) is 24.2 Å². The summed E-state index contributed by atoms with van der Waals surface area (Å²) in [4.78, 5) is 28.4. The lowest BCUT2D eigenvalue weighted by Gasteiger charge is -2.33. The van der Waals surface area contributed by atoms with E-state index in [4.69, 9.17) is 10.5 Å². The van der Waals surface area contributed by atoms with E-state index in [0.717, 1.165) is 36.2 Å². The second-order valence-corrected chi connectivity index (χ2v) is 8.66. The van der Waals surface area contributed by atoms with Gasteiger partial charge in [-0.3, -0.25) is 13.9 Å². The number of methoxy groups -OCH3 is 1. The summed E-state index contributed by atoms with van der Waals surface area (Å²) in [6.07, 6.45) is 1.87. The molecule has 9 heteroatoms. The molecule has 4 rings (SSSR count). The van der Waals surface area contributed by atoms with E-state index in [1.807, 2.05) is 24.3 Å². The Kier molecular flexibility index (Phi) is 7.01. The number of benzene rings is 2. The van der Waals surface area contributed by atoms with Crippen molar-refractivity contribution in [3.8, 4) is 6.07 Å². The molecule has 0 saturated carbocycles. The minimum atomic E-state index is -0.225. The smallest absolute Gasteiger partial charge is 0.329 e. The van der Waals surface area contributed by atoms with Gasteiger partial charge in [-0.2, -0.15) is 5.26 Å². The molecule has 0 unspecified atom stereocenters. The van der Waals surface area contributed by atoms with Gasteiger partial charge in [0.15, 0.2) is 0 Å². The maximum Gasteiger partial charge on any atom is 0.329 e. The van der Waals surface area contributed by atoms with Gasteiger partial charge >= 0.3 is 5.69 Å². The maximum atomic E-state index is 13.4. The van der Waals surface area contributed by atoms with Gasteiger partial charge < -0.3 is 20.7 Å². The van der Waals surface area contributed by atoms with Crippen molar-refractivity contribution < 1.29 is 9.53 Å². The van der Waals surface area contributed by atoms with Crippen LogP contribution >= 0.6 is 0 Å². The number of nitrogens with zero attached hydrogens (tertiary/aromatic N) is 4. The summed E-state index contributed by atoms with van der Waals surface area (Å²) in [5, 5.41) is 12.4. The monoisotopic (exact) mass is 462 g/mol. The first-order valence-electron chi connectivity index (χ1n) is 11.4. The van der Waals surface area contributed by atoms with Crippen LogP contribution in [-0.2, 0) is 18.3 Å². The highest BCUT2D eigenvalue weighted by atomic mass is 16.5. The van der Waals surface area contributed by atoms with Crippen LogP contribution in [0.2, 0.25) is 0 Å². The molecule has 2 aromatic carbocycles. The van der Waals surface area contributed by atoms with Crippen LogP contribution < -0.4 is 21.6 Å². The lowest BCUT2D eigenvalue weighted by Crippen LogP contribution is -2.43. The van der Waals surface area contributed by atoms with Crippen molar-refractivity contribution in [2.75, 3.05) is 38.3 Å². The van der Waals surface area contributed by atoms with E-state index in [1.54, 1.807) is 35.4 Å². The van der Waals surface area contributed by atoms with Gasteiger partial charge in [-0.1, -0.05) is 18.2 Å². The number of imidazole rings is 1. The van der Waals surface area contributed by atoms with Crippen LogP contribution in [0.4, 0.5) is 5.69 Å². The van der Waals surface area contributed by atoms with Crippen LogP contribution in [0.1, 0.15) is 34.3 Å². The number of nitrogens with one attached hydrogen (secondary N) is 1. The molecule has 0 spiro atoms. The summed E-state index contributed by atoms with van der Waals surface area (Å²) in [6.45, 7) is 2.49. The van der Waals surface area contributed by atoms with E-state index >= 15 is 0 Å². The third kappa shape index (κ3) is 4.55. The number of amides is 1. The van der Waals surface area contributed by atoms with Crippen LogP contribution in [-0.4, -0.2) is 54.4 Å². The molecule has 1 atom stereocenters.